The molecule has 2 fully saturated rings. The van der Waals surface area contributed by atoms with Crippen molar-refractivity contribution in [2.45, 2.75) is 39.2 Å². The number of hydrogen-bond acceptors (Lipinski definition) is 3. The summed E-state index contributed by atoms with van der Waals surface area (Å²) in [5.74, 6) is 1.51. The number of ether oxygens (including phenoxy) is 1. The van der Waals surface area contributed by atoms with E-state index in [4.69, 9.17) is 4.74 Å². The molecule has 0 spiro atoms. The monoisotopic (exact) mass is 240 g/mol. The summed E-state index contributed by atoms with van der Waals surface area (Å²) < 4.78 is 5.33. The molecular formula is C13H24N2O2. The van der Waals surface area contributed by atoms with E-state index in [0.29, 0.717) is 5.92 Å². The molecule has 1 amide bonds. The highest BCUT2D eigenvalue weighted by Crippen LogP contribution is 2.27. The maximum Gasteiger partial charge on any atom is 0.410 e. The lowest BCUT2D eigenvalue weighted by atomic mass is 9.88. The van der Waals surface area contributed by atoms with Crippen LogP contribution in [0.5, 0.6) is 0 Å². The molecule has 0 saturated carbocycles. The minimum Gasteiger partial charge on any atom is -0.444 e. The van der Waals surface area contributed by atoms with E-state index < -0.39 is 0 Å². The molecule has 1 atom stereocenters. The molecule has 2 aliphatic rings. The Morgan fingerprint density at radius 2 is 2.06 bits per heavy atom. The lowest BCUT2D eigenvalue weighted by molar-refractivity contribution is -0.00409. The zero-order chi connectivity index (χ0) is 12.5. The van der Waals surface area contributed by atoms with E-state index in [-0.39, 0.29) is 11.7 Å². The van der Waals surface area contributed by atoms with Gasteiger partial charge in [-0.1, -0.05) is 0 Å². The van der Waals surface area contributed by atoms with Gasteiger partial charge in [0.2, 0.25) is 0 Å². The van der Waals surface area contributed by atoms with E-state index in [9.17, 15) is 4.79 Å². The lowest BCUT2D eigenvalue weighted by Gasteiger charge is -2.40. The Bertz CT molecular complexity index is 274. The second-order valence-corrected chi connectivity index (χ2v) is 6.35. The van der Waals surface area contributed by atoms with Crippen molar-refractivity contribution in [3.05, 3.63) is 0 Å². The maximum absolute atomic E-state index is 11.7. The Morgan fingerprint density at radius 3 is 2.59 bits per heavy atom. The first kappa shape index (κ1) is 12.7. The molecule has 17 heavy (non-hydrogen) atoms. The molecule has 2 heterocycles. The minimum atomic E-state index is -0.377. The molecule has 0 bridgehead atoms. The summed E-state index contributed by atoms with van der Waals surface area (Å²) in [6.07, 6.45) is 2.40. The number of carbonyl (C=O) groups excluding carboxylic acids is 1. The zero-order valence-corrected chi connectivity index (χ0v) is 11.2. The minimum absolute atomic E-state index is 0.154. The van der Waals surface area contributed by atoms with E-state index in [1.54, 1.807) is 0 Å². The van der Waals surface area contributed by atoms with Gasteiger partial charge < -0.3 is 15.0 Å². The topological polar surface area (TPSA) is 41.6 Å². The number of amides is 1. The average molecular weight is 240 g/mol. The number of nitrogens with zero attached hydrogens (tertiary/aromatic N) is 1. The summed E-state index contributed by atoms with van der Waals surface area (Å²) in [5.41, 5.74) is -0.377. The molecule has 4 heteroatoms. The van der Waals surface area contributed by atoms with Crippen molar-refractivity contribution in [3.8, 4) is 0 Å². The van der Waals surface area contributed by atoms with E-state index in [1.165, 1.54) is 12.8 Å². The van der Waals surface area contributed by atoms with Gasteiger partial charge in [0, 0.05) is 13.1 Å². The van der Waals surface area contributed by atoms with Gasteiger partial charge in [-0.3, -0.25) is 0 Å². The second-order valence-electron chi connectivity index (χ2n) is 6.35. The fraction of sp³-hybridized carbons (Fsp3) is 0.923. The summed E-state index contributed by atoms with van der Waals surface area (Å²) in [4.78, 5) is 13.5. The van der Waals surface area contributed by atoms with Gasteiger partial charge in [0.1, 0.15) is 5.60 Å². The Kier molecular flexibility index (Phi) is 3.61. The van der Waals surface area contributed by atoms with Crippen LogP contribution in [0.1, 0.15) is 33.6 Å². The second kappa shape index (κ2) is 4.84. The van der Waals surface area contributed by atoms with Crippen LogP contribution in [0.15, 0.2) is 0 Å². The molecule has 98 valence electrons. The van der Waals surface area contributed by atoms with Gasteiger partial charge in [-0.2, -0.15) is 0 Å². The van der Waals surface area contributed by atoms with E-state index in [2.05, 4.69) is 5.32 Å². The van der Waals surface area contributed by atoms with Crippen LogP contribution in [0.3, 0.4) is 0 Å². The van der Waals surface area contributed by atoms with Gasteiger partial charge in [-0.05, 0) is 58.5 Å². The van der Waals surface area contributed by atoms with Gasteiger partial charge in [0.25, 0.3) is 0 Å². The van der Waals surface area contributed by atoms with Crippen LogP contribution in [0.25, 0.3) is 0 Å². The van der Waals surface area contributed by atoms with Gasteiger partial charge >= 0.3 is 6.09 Å². The smallest absolute Gasteiger partial charge is 0.410 e. The first-order valence-corrected chi connectivity index (χ1v) is 6.63. The molecule has 1 N–H and O–H groups in total. The number of hydrogen-bond donors (Lipinski definition) is 1. The first-order valence-electron chi connectivity index (χ1n) is 6.63. The molecule has 0 aromatic carbocycles. The lowest BCUT2D eigenvalue weighted by Crippen LogP contribution is -2.52. The molecule has 0 aromatic heterocycles. The molecule has 0 radical (unpaired) electrons. The SMILES string of the molecule is CC(C)(C)OC(=O)N1CC(C[C@H]2CCNC2)C1. The summed E-state index contributed by atoms with van der Waals surface area (Å²) in [6.45, 7) is 9.80. The van der Waals surface area contributed by atoms with Crippen LogP contribution < -0.4 is 5.32 Å². The van der Waals surface area contributed by atoms with E-state index in [1.807, 2.05) is 25.7 Å². The molecule has 2 aliphatic heterocycles. The molecule has 4 nitrogen and oxygen atoms in total. The first-order chi connectivity index (χ1) is 7.94. The Balaban J connectivity index is 1.66. The van der Waals surface area contributed by atoms with Crippen LogP contribution in [0, 0.1) is 11.8 Å². The Labute approximate surface area is 104 Å². The van der Waals surface area contributed by atoms with Gasteiger partial charge in [0.05, 0.1) is 0 Å². The van der Waals surface area contributed by atoms with Crippen molar-refractivity contribution in [2.24, 2.45) is 11.8 Å². The molecule has 2 rings (SSSR count). The average Bonchev–Trinajstić information content (AvgIpc) is 2.59. The quantitative estimate of drug-likeness (QED) is 0.801. The normalized spacial score (nSPS) is 25.8. The van der Waals surface area contributed by atoms with Crippen LogP contribution in [0.2, 0.25) is 0 Å². The molecule has 0 aromatic rings. The third-order valence-electron chi connectivity index (χ3n) is 3.44. The van der Waals surface area contributed by atoms with Gasteiger partial charge in [-0.15, -0.1) is 0 Å². The fourth-order valence-electron chi connectivity index (χ4n) is 2.58. The summed E-state index contributed by atoms with van der Waals surface area (Å²) in [5, 5.41) is 3.39. The highest BCUT2D eigenvalue weighted by molar-refractivity contribution is 5.69. The largest absolute Gasteiger partial charge is 0.444 e. The standard InChI is InChI=1S/C13H24N2O2/c1-13(2,3)17-12(16)15-8-11(9-15)6-10-4-5-14-7-10/h10-11,14H,4-9H2,1-3H3/t10-/m1/s1. The van der Waals surface area contributed by atoms with Crippen LogP contribution in [-0.4, -0.2) is 42.8 Å². The van der Waals surface area contributed by atoms with Crippen molar-refractivity contribution in [2.75, 3.05) is 26.2 Å². The van der Waals surface area contributed by atoms with Crippen LogP contribution in [-0.2, 0) is 4.74 Å². The predicted octanol–water partition coefficient (Wildman–Crippen LogP) is 1.85. The molecule has 0 unspecified atom stereocenters. The van der Waals surface area contributed by atoms with Crippen molar-refractivity contribution in [1.29, 1.82) is 0 Å². The Morgan fingerprint density at radius 1 is 1.35 bits per heavy atom. The van der Waals surface area contributed by atoms with Gasteiger partial charge in [0.15, 0.2) is 0 Å². The number of carbonyl (C=O) groups is 1. The highest BCUT2D eigenvalue weighted by atomic mass is 16.6. The van der Waals surface area contributed by atoms with E-state index >= 15 is 0 Å². The molecule has 0 aliphatic carbocycles. The van der Waals surface area contributed by atoms with Crippen LogP contribution in [0.4, 0.5) is 4.79 Å². The van der Waals surface area contributed by atoms with Crippen LogP contribution >= 0.6 is 0 Å². The number of nitrogens with one attached hydrogen (secondary N) is 1. The summed E-state index contributed by atoms with van der Waals surface area (Å²) in [6, 6.07) is 0. The maximum atomic E-state index is 11.7. The van der Waals surface area contributed by atoms with Crippen molar-refractivity contribution in [1.82, 2.24) is 10.2 Å². The fourth-order valence-corrected chi connectivity index (χ4v) is 2.58. The van der Waals surface area contributed by atoms with Crippen molar-refractivity contribution < 1.29 is 9.53 Å². The number of rotatable bonds is 2. The van der Waals surface area contributed by atoms with E-state index in [0.717, 1.165) is 32.1 Å². The third-order valence-corrected chi connectivity index (χ3v) is 3.44. The van der Waals surface area contributed by atoms with Crippen molar-refractivity contribution >= 4 is 6.09 Å². The summed E-state index contributed by atoms with van der Waals surface area (Å²) >= 11 is 0. The molecule has 2 saturated heterocycles. The summed E-state index contributed by atoms with van der Waals surface area (Å²) in [7, 11) is 0. The number of likely N-dealkylation sites (tertiary alicyclic amines) is 1. The third kappa shape index (κ3) is 3.60. The predicted molar refractivity (Wildman–Crippen MR) is 66.9 cm³/mol. The molecular weight excluding hydrogens is 216 g/mol. The zero-order valence-electron chi connectivity index (χ0n) is 11.2. The Hall–Kier alpha value is -0.770. The highest BCUT2D eigenvalue weighted by Gasteiger charge is 2.35. The van der Waals surface area contributed by atoms with Crippen molar-refractivity contribution in [3.63, 3.8) is 0 Å². The van der Waals surface area contributed by atoms with Gasteiger partial charge in [-0.25, -0.2) is 4.79 Å².